The Morgan fingerprint density at radius 2 is 1.61 bits per heavy atom. The van der Waals surface area contributed by atoms with Crippen LogP contribution in [-0.4, -0.2) is 66.9 Å². The summed E-state index contributed by atoms with van der Waals surface area (Å²) in [6.07, 6.45) is 4.63. The van der Waals surface area contributed by atoms with Crippen molar-refractivity contribution in [1.82, 2.24) is 15.1 Å². The number of nitrogens with one attached hydrogen (secondary N) is 1. The van der Waals surface area contributed by atoms with Gasteiger partial charge in [-0.05, 0) is 31.6 Å². The van der Waals surface area contributed by atoms with E-state index in [2.05, 4.69) is 17.1 Å². The van der Waals surface area contributed by atoms with Crippen LogP contribution in [0.15, 0.2) is 0 Å². The molecule has 0 radical (unpaired) electrons. The first-order chi connectivity index (χ1) is 10.1. The normalized spacial score (nSPS) is 25.0. The molecule has 2 fully saturated rings. The number of hydrogen-bond donors (Lipinski definition) is 2. The summed E-state index contributed by atoms with van der Waals surface area (Å²) in [5.74, 6) is 0.912. The molecule has 0 aromatic carbocycles. The third-order valence-corrected chi connectivity index (χ3v) is 4.65. The maximum absolute atomic E-state index is 12.1. The molecule has 0 aromatic heterocycles. The Hall–Kier alpha value is -0.560. The second-order valence-electron chi connectivity index (χ2n) is 6.39. The van der Waals surface area contributed by atoms with Gasteiger partial charge in [0.15, 0.2) is 0 Å². The molecule has 1 aliphatic heterocycles. The van der Waals surface area contributed by atoms with E-state index in [-0.39, 0.29) is 43.2 Å². The van der Waals surface area contributed by atoms with Crippen molar-refractivity contribution in [3.63, 3.8) is 0 Å². The number of carbonyl (C=O) groups excluding carboxylic acids is 2. The molecule has 1 heterocycles. The summed E-state index contributed by atoms with van der Waals surface area (Å²) in [5.41, 5.74) is 5.36. The van der Waals surface area contributed by atoms with Crippen LogP contribution in [-0.2, 0) is 9.59 Å². The van der Waals surface area contributed by atoms with Crippen LogP contribution in [0.3, 0.4) is 0 Å². The summed E-state index contributed by atoms with van der Waals surface area (Å²) >= 11 is 0. The Bertz CT molecular complexity index is 368. The first-order valence-corrected chi connectivity index (χ1v) is 8.08. The molecule has 8 heteroatoms. The number of halogens is 2. The van der Waals surface area contributed by atoms with Gasteiger partial charge in [-0.15, -0.1) is 24.8 Å². The molecule has 2 rings (SSSR count). The molecule has 0 bridgehead atoms. The van der Waals surface area contributed by atoms with Gasteiger partial charge in [0.2, 0.25) is 11.8 Å². The number of hydrogen-bond acceptors (Lipinski definition) is 4. The van der Waals surface area contributed by atoms with Crippen molar-refractivity contribution in [2.75, 3.05) is 39.3 Å². The van der Waals surface area contributed by atoms with Crippen molar-refractivity contribution in [2.24, 2.45) is 11.7 Å². The van der Waals surface area contributed by atoms with Crippen LogP contribution in [0.1, 0.15) is 32.6 Å². The predicted octanol–water partition coefficient (Wildman–Crippen LogP) is 0.628. The van der Waals surface area contributed by atoms with E-state index in [9.17, 15) is 9.59 Å². The van der Waals surface area contributed by atoms with Gasteiger partial charge in [0.25, 0.3) is 0 Å². The molecule has 0 aromatic rings. The average molecular weight is 369 g/mol. The van der Waals surface area contributed by atoms with Crippen LogP contribution in [0.5, 0.6) is 0 Å². The number of carbonyl (C=O) groups is 2. The summed E-state index contributed by atoms with van der Waals surface area (Å²) in [6.45, 7) is 5.63. The summed E-state index contributed by atoms with van der Waals surface area (Å²) in [6, 6.07) is 0.355. The minimum atomic E-state index is -0.00423. The predicted molar refractivity (Wildman–Crippen MR) is 96.1 cm³/mol. The zero-order chi connectivity index (χ0) is 15.2. The van der Waals surface area contributed by atoms with Crippen LogP contribution in [0.25, 0.3) is 0 Å². The molecule has 6 nitrogen and oxygen atoms in total. The molecular formula is C15H30Cl2N4O2. The van der Waals surface area contributed by atoms with Crippen molar-refractivity contribution >= 4 is 36.6 Å². The van der Waals surface area contributed by atoms with Crippen LogP contribution in [0, 0.1) is 5.92 Å². The molecular weight excluding hydrogens is 339 g/mol. The Morgan fingerprint density at radius 1 is 1.04 bits per heavy atom. The Labute approximate surface area is 151 Å². The van der Waals surface area contributed by atoms with Gasteiger partial charge < -0.3 is 16.0 Å². The molecule has 2 amide bonds. The number of nitrogens with two attached hydrogens (primary N) is 1. The van der Waals surface area contributed by atoms with Crippen LogP contribution >= 0.6 is 24.8 Å². The van der Waals surface area contributed by atoms with Crippen molar-refractivity contribution < 1.29 is 9.59 Å². The fourth-order valence-electron chi connectivity index (χ4n) is 3.17. The largest absolute Gasteiger partial charge is 0.352 e. The summed E-state index contributed by atoms with van der Waals surface area (Å²) in [7, 11) is 0. The van der Waals surface area contributed by atoms with E-state index in [1.807, 2.05) is 0 Å². The molecule has 1 saturated carbocycles. The molecule has 0 atom stereocenters. The first kappa shape index (κ1) is 22.4. The highest BCUT2D eigenvalue weighted by molar-refractivity contribution is 5.85. The number of nitrogens with zero attached hydrogens (tertiary/aromatic N) is 2. The summed E-state index contributed by atoms with van der Waals surface area (Å²) in [4.78, 5) is 27.5. The minimum absolute atomic E-state index is 0. The highest BCUT2D eigenvalue weighted by Gasteiger charge is 2.23. The standard InChI is InChI=1S/C15H28N4O2.2ClH/c1-12-2-4-13(5-3-12)17-14(20)11-18-6-8-19(9-7-18)15(21)10-16;;/h12-13H,2-11,16H2,1H3,(H,17,20);2*1H. The van der Waals surface area contributed by atoms with Gasteiger partial charge in [-0.3, -0.25) is 14.5 Å². The fraction of sp³-hybridized carbons (Fsp3) is 0.867. The third-order valence-electron chi connectivity index (χ3n) is 4.65. The molecule has 0 unspecified atom stereocenters. The summed E-state index contributed by atoms with van der Waals surface area (Å²) in [5, 5.41) is 3.15. The zero-order valence-corrected chi connectivity index (χ0v) is 15.5. The lowest BCUT2D eigenvalue weighted by Gasteiger charge is -2.34. The van der Waals surface area contributed by atoms with Gasteiger partial charge >= 0.3 is 0 Å². The Kier molecular flexibility index (Phi) is 10.8. The minimum Gasteiger partial charge on any atom is -0.352 e. The lowest BCUT2D eigenvalue weighted by atomic mass is 9.87. The van der Waals surface area contributed by atoms with Gasteiger partial charge in [-0.2, -0.15) is 0 Å². The lowest BCUT2D eigenvalue weighted by Crippen LogP contribution is -2.53. The maximum atomic E-state index is 12.1. The molecule has 2 aliphatic rings. The van der Waals surface area contributed by atoms with Crippen molar-refractivity contribution in [3.8, 4) is 0 Å². The third kappa shape index (κ3) is 7.25. The smallest absolute Gasteiger partial charge is 0.236 e. The topological polar surface area (TPSA) is 78.7 Å². The number of amides is 2. The van der Waals surface area contributed by atoms with Gasteiger partial charge in [0, 0.05) is 32.2 Å². The second-order valence-corrected chi connectivity index (χ2v) is 6.39. The van der Waals surface area contributed by atoms with E-state index in [1.54, 1.807) is 4.90 Å². The van der Waals surface area contributed by atoms with E-state index in [0.717, 1.165) is 31.8 Å². The highest BCUT2D eigenvalue weighted by Crippen LogP contribution is 2.23. The molecule has 1 saturated heterocycles. The van der Waals surface area contributed by atoms with Gasteiger partial charge in [-0.1, -0.05) is 6.92 Å². The van der Waals surface area contributed by atoms with E-state index >= 15 is 0 Å². The molecule has 136 valence electrons. The van der Waals surface area contributed by atoms with Gasteiger partial charge in [-0.25, -0.2) is 0 Å². The monoisotopic (exact) mass is 368 g/mol. The fourth-order valence-corrected chi connectivity index (χ4v) is 3.17. The SMILES string of the molecule is CC1CCC(NC(=O)CN2CCN(C(=O)CN)CC2)CC1.Cl.Cl. The average Bonchev–Trinajstić information content (AvgIpc) is 2.49. The van der Waals surface area contributed by atoms with E-state index in [0.29, 0.717) is 25.7 Å². The van der Waals surface area contributed by atoms with Crippen molar-refractivity contribution in [1.29, 1.82) is 0 Å². The van der Waals surface area contributed by atoms with E-state index in [1.165, 1.54) is 12.8 Å². The van der Waals surface area contributed by atoms with Gasteiger partial charge in [0.1, 0.15) is 0 Å². The molecule has 0 spiro atoms. The van der Waals surface area contributed by atoms with Crippen LogP contribution in [0.2, 0.25) is 0 Å². The van der Waals surface area contributed by atoms with Crippen LogP contribution in [0.4, 0.5) is 0 Å². The molecule has 3 N–H and O–H groups in total. The Balaban J connectivity index is 0.00000242. The summed E-state index contributed by atoms with van der Waals surface area (Å²) < 4.78 is 0. The molecule has 23 heavy (non-hydrogen) atoms. The number of rotatable bonds is 4. The van der Waals surface area contributed by atoms with E-state index in [4.69, 9.17) is 5.73 Å². The van der Waals surface area contributed by atoms with Crippen molar-refractivity contribution in [2.45, 2.75) is 38.6 Å². The second kappa shape index (κ2) is 11.1. The van der Waals surface area contributed by atoms with Crippen LogP contribution < -0.4 is 11.1 Å². The van der Waals surface area contributed by atoms with E-state index < -0.39 is 0 Å². The zero-order valence-electron chi connectivity index (χ0n) is 13.8. The van der Waals surface area contributed by atoms with Gasteiger partial charge in [0.05, 0.1) is 13.1 Å². The quantitative estimate of drug-likeness (QED) is 0.762. The highest BCUT2D eigenvalue weighted by atomic mass is 35.5. The number of piperazine rings is 1. The lowest BCUT2D eigenvalue weighted by molar-refractivity contribution is -0.131. The first-order valence-electron chi connectivity index (χ1n) is 8.08. The maximum Gasteiger partial charge on any atom is 0.236 e. The molecule has 1 aliphatic carbocycles. The Morgan fingerprint density at radius 3 is 2.13 bits per heavy atom. The van der Waals surface area contributed by atoms with Crippen molar-refractivity contribution in [3.05, 3.63) is 0 Å².